The maximum atomic E-state index is 6.28. The van der Waals surface area contributed by atoms with Crippen LogP contribution in [0, 0.1) is 3.57 Å². The Hall–Kier alpha value is 0.200. The molecule has 0 aliphatic rings. The zero-order valence-electron chi connectivity index (χ0n) is 12.5. The van der Waals surface area contributed by atoms with E-state index < -0.39 is 0 Å². The second kappa shape index (κ2) is 10.9. The smallest absolute Gasteiger partial charge is 0.0410 e. The van der Waals surface area contributed by atoms with Gasteiger partial charge in [0, 0.05) is 14.6 Å². The number of benzene rings is 1. The second-order valence-electron chi connectivity index (χ2n) is 5.54. The van der Waals surface area contributed by atoms with Crippen molar-refractivity contribution in [2.24, 2.45) is 5.73 Å². The van der Waals surface area contributed by atoms with Crippen molar-refractivity contribution in [3.63, 3.8) is 0 Å². The highest BCUT2D eigenvalue weighted by Gasteiger charge is 2.10. The van der Waals surface area contributed by atoms with Gasteiger partial charge in [-0.15, -0.1) is 0 Å². The Balaban J connectivity index is 2.17. The molecule has 1 unspecified atom stereocenters. The largest absolute Gasteiger partial charge is 0.324 e. The maximum absolute atomic E-state index is 6.28. The molecule has 1 nitrogen and oxygen atoms in total. The van der Waals surface area contributed by atoms with Crippen molar-refractivity contribution in [3.05, 3.63) is 32.4 Å². The van der Waals surface area contributed by atoms with E-state index in [1.807, 2.05) is 18.2 Å². The monoisotopic (exact) mass is 407 g/mol. The van der Waals surface area contributed by atoms with Crippen LogP contribution in [0.25, 0.3) is 0 Å². The van der Waals surface area contributed by atoms with Crippen molar-refractivity contribution in [2.45, 2.75) is 70.8 Å². The van der Waals surface area contributed by atoms with Crippen LogP contribution in [0.5, 0.6) is 0 Å². The molecule has 1 aromatic carbocycles. The molecule has 0 spiro atoms. The van der Waals surface area contributed by atoms with Gasteiger partial charge in [0.25, 0.3) is 0 Å². The minimum Gasteiger partial charge on any atom is -0.324 e. The van der Waals surface area contributed by atoms with E-state index in [-0.39, 0.29) is 6.04 Å². The van der Waals surface area contributed by atoms with Crippen molar-refractivity contribution in [3.8, 4) is 0 Å². The minimum atomic E-state index is 0.126. The predicted octanol–water partition coefficient (Wildman–Crippen LogP) is 6.48. The van der Waals surface area contributed by atoms with Gasteiger partial charge >= 0.3 is 0 Å². The highest BCUT2D eigenvalue weighted by Crippen LogP contribution is 2.26. The van der Waals surface area contributed by atoms with Crippen molar-refractivity contribution in [2.75, 3.05) is 0 Å². The van der Waals surface area contributed by atoms with E-state index in [9.17, 15) is 0 Å². The fourth-order valence-electron chi connectivity index (χ4n) is 2.45. The molecule has 0 aromatic heterocycles. The van der Waals surface area contributed by atoms with Crippen molar-refractivity contribution in [1.29, 1.82) is 0 Å². The lowest BCUT2D eigenvalue weighted by Gasteiger charge is -2.14. The maximum Gasteiger partial charge on any atom is 0.0410 e. The number of nitrogens with two attached hydrogens (primary N) is 1. The first-order valence-corrected chi connectivity index (χ1v) is 9.31. The molecule has 114 valence electrons. The van der Waals surface area contributed by atoms with E-state index in [1.165, 1.54) is 60.5 Å². The first-order valence-electron chi connectivity index (χ1n) is 7.85. The van der Waals surface area contributed by atoms with Crippen LogP contribution in [0.15, 0.2) is 18.2 Å². The zero-order valence-corrected chi connectivity index (χ0v) is 15.4. The predicted molar refractivity (Wildman–Crippen MR) is 98.3 cm³/mol. The van der Waals surface area contributed by atoms with Gasteiger partial charge in [0.15, 0.2) is 0 Å². The molecule has 2 N–H and O–H groups in total. The molecule has 0 bridgehead atoms. The van der Waals surface area contributed by atoms with Crippen LogP contribution < -0.4 is 5.73 Å². The average Bonchev–Trinajstić information content (AvgIpc) is 2.44. The zero-order chi connectivity index (χ0) is 14.8. The number of hydrogen-bond donors (Lipinski definition) is 1. The Bertz CT molecular complexity index is 381. The first-order chi connectivity index (χ1) is 9.65. The topological polar surface area (TPSA) is 26.0 Å². The second-order valence-corrected chi connectivity index (χ2v) is 7.13. The molecular weight excluding hydrogens is 381 g/mol. The lowest BCUT2D eigenvalue weighted by molar-refractivity contribution is 0.535. The Morgan fingerprint density at radius 3 is 2.30 bits per heavy atom. The Labute approximate surface area is 142 Å². The fraction of sp³-hybridized carbons (Fsp3) is 0.647. The molecule has 0 amide bonds. The molecule has 20 heavy (non-hydrogen) atoms. The van der Waals surface area contributed by atoms with Crippen molar-refractivity contribution in [1.82, 2.24) is 0 Å². The van der Waals surface area contributed by atoms with E-state index in [0.717, 1.165) is 11.4 Å². The van der Waals surface area contributed by atoms with Gasteiger partial charge in [-0.3, -0.25) is 0 Å². The summed E-state index contributed by atoms with van der Waals surface area (Å²) in [5.41, 5.74) is 7.48. The molecule has 0 radical (unpaired) electrons. The van der Waals surface area contributed by atoms with E-state index in [0.29, 0.717) is 0 Å². The van der Waals surface area contributed by atoms with Crippen molar-refractivity contribution < 1.29 is 0 Å². The quantitative estimate of drug-likeness (QED) is 0.349. The molecule has 0 heterocycles. The first kappa shape index (κ1) is 18.2. The summed E-state index contributed by atoms with van der Waals surface area (Å²) in [6, 6.07) is 6.11. The summed E-state index contributed by atoms with van der Waals surface area (Å²) in [4.78, 5) is 0. The number of unbranched alkanes of at least 4 members (excludes halogenated alkanes) is 7. The highest BCUT2D eigenvalue weighted by molar-refractivity contribution is 14.1. The van der Waals surface area contributed by atoms with Crippen molar-refractivity contribution >= 4 is 34.2 Å². The minimum absolute atomic E-state index is 0.126. The van der Waals surface area contributed by atoms with E-state index in [1.54, 1.807) is 0 Å². The SMILES string of the molecule is CCCCCCCCCCC(N)c1cc(Cl)ccc1I. The summed E-state index contributed by atoms with van der Waals surface area (Å²) >= 11 is 8.39. The van der Waals surface area contributed by atoms with Gasteiger partial charge in [-0.25, -0.2) is 0 Å². The Morgan fingerprint density at radius 2 is 1.65 bits per heavy atom. The third kappa shape index (κ3) is 7.28. The highest BCUT2D eigenvalue weighted by atomic mass is 127. The molecular formula is C17H27ClIN. The lowest BCUT2D eigenvalue weighted by atomic mass is 10.0. The summed E-state index contributed by atoms with van der Waals surface area (Å²) in [6.07, 6.45) is 11.8. The van der Waals surface area contributed by atoms with Gasteiger partial charge in [0.1, 0.15) is 0 Å². The number of halogens is 2. The van der Waals surface area contributed by atoms with Crippen LogP contribution in [0.3, 0.4) is 0 Å². The lowest BCUT2D eigenvalue weighted by Crippen LogP contribution is -2.11. The van der Waals surface area contributed by atoms with Crippen LogP contribution >= 0.6 is 34.2 Å². The van der Waals surface area contributed by atoms with Gasteiger partial charge < -0.3 is 5.73 Å². The normalized spacial score (nSPS) is 12.6. The molecule has 1 atom stereocenters. The number of rotatable bonds is 10. The number of hydrogen-bond acceptors (Lipinski definition) is 1. The molecule has 0 aliphatic heterocycles. The Morgan fingerprint density at radius 1 is 1.05 bits per heavy atom. The fourth-order valence-corrected chi connectivity index (χ4v) is 3.37. The third-order valence-corrected chi connectivity index (χ3v) is 4.94. The summed E-state index contributed by atoms with van der Waals surface area (Å²) in [5.74, 6) is 0. The molecule has 0 fully saturated rings. The molecule has 1 aromatic rings. The summed E-state index contributed by atoms with van der Waals surface area (Å²) in [7, 11) is 0. The van der Waals surface area contributed by atoms with Gasteiger partial charge in [0.05, 0.1) is 0 Å². The van der Waals surface area contributed by atoms with Crippen LogP contribution in [-0.4, -0.2) is 0 Å². The van der Waals surface area contributed by atoms with Gasteiger partial charge in [-0.2, -0.15) is 0 Å². The van der Waals surface area contributed by atoms with Crippen LogP contribution in [0.1, 0.15) is 76.3 Å². The average molecular weight is 408 g/mol. The molecule has 1 rings (SSSR count). The van der Waals surface area contributed by atoms with Crippen LogP contribution in [-0.2, 0) is 0 Å². The standard InChI is InChI=1S/C17H27ClIN/c1-2-3-4-5-6-7-8-9-10-17(20)15-13-14(18)11-12-16(15)19/h11-13,17H,2-10,20H2,1H3. The molecule has 0 saturated heterocycles. The summed E-state index contributed by atoms with van der Waals surface area (Å²) in [5, 5.41) is 0.784. The molecule has 0 aliphatic carbocycles. The van der Waals surface area contributed by atoms with Crippen LogP contribution in [0.2, 0.25) is 5.02 Å². The Kier molecular flexibility index (Phi) is 9.91. The van der Waals surface area contributed by atoms with Gasteiger partial charge in [-0.05, 0) is 52.8 Å². The molecule has 3 heteroatoms. The van der Waals surface area contributed by atoms with E-state index in [4.69, 9.17) is 17.3 Å². The van der Waals surface area contributed by atoms with E-state index in [2.05, 4.69) is 29.5 Å². The molecule has 0 saturated carbocycles. The van der Waals surface area contributed by atoms with Gasteiger partial charge in [0.2, 0.25) is 0 Å². The third-order valence-electron chi connectivity index (χ3n) is 3.73. The van der Waals surface area contributed by atoms with Gasteiger partial charge in [-0.1, -0.05) is 69.9 Å². The van der Waals surface area contributed by atoms with Crippen LogP contribution in [0.4, 0.5) is 0 Å². The summed E-state index contributed by atoms with van der Waals surface area (Å²) in [6.45, 7) is 2.26. The van der Waals surface area contributed by atoms with E-state index >= 15 is 0 Å². The summed E-state index contributed by atoms with van der Waals surface area (Å²) < 4.78 is 1.22.